The van der Waals surface area contributed by atoms with Gasteiger partial charge in [-0.1, -0.05) is 82.5 Å². The maximum atomic E-state index is 15.4. The lowest BCUT2D eigenvalue weighted by molar-refractivity contribution is -0.313. The molecule has 3 aliphatic carbocycles. The summed E-state index contributed by atoms with van der Waals surface area (Å²) in [5.41, 5.74) is -5.55. The fourth-order valence-electron chi connectivity index (χ4n) is 9.86. The van der Waals surface area contributed by atoms with E-state index in [2.05, 4.69) is 5.32 Å². The van der Waals surface area contributed by atoms with Crippen LogP contribution in [0.4, 0.5) is 4.79 Å². The third-order valence-electron chi connectivity index (χ3n) is 13.1. The summed E-state index contributed by atoms with van der Waals surface area (Å²) in [6, 6.07) is 15.4. The average molecular weight is 803 g/mol. The number of fused-ring (bicyclic) bond motifs is 5. The summed E-state index contributed by atoms with van der Waals surface area (Å²) in [6.45, 7) is 15.8. The molecule has 0 aromatic heterocycles. The smallest absolute Gasteiger partial charge is 0.408 e. The molecule has 0 spiro atoms. The van der Waals surface area contributed by atoms with E-state index in [1.165, 1.54) is 7.48 Å². The Hall–Kier alpha value is -4.08. The number of aliphatic hydroxyl groups excluding tert-OH is 2. The third-order valence-corrected chi connectivity index (χ3v) is 13.1. The second-order valence-electron chi connectivity index (χ2n) is 18.2. The molecular formula is C44H57BNO12. The number of alkyl carbamates (subject to hydrolysis) is 1. The fourth-order valence-corrected chi connectivity index (χ4v) is 9.86. The number of amides is 1. The molecule has 1 unspecified atom stereocenters. The van der Waals surface area contributed by atoms with Gasteiger partial charge in [-0.2, -0.15) is 0 Å². The molecular weight excluding hydrogens is 745 g/mol. The van der Waals surface area contributed by atoms with Crippen LogP contribution in [0.5, 0.6) is 0 Å². The van der Waals surface area contributed by atoms with Crippen molar-refractivity contribution in [2.75, 3.05) is 6.61 Å². The Balaban J connectivity index is 1.49. The Bertz CT molecular complexity index is 1920. The number of hydrogen-bond acceptors (Lipinski definition) is 12. The van der Waals surface area contributed by atoms with Crippen LogP contribution in [-0.2, 0) is 33.2 Å². The van der Waals surface area contributed by atoms with Gasteiger partial charge in [-0.15, -0.1) is 0 Å². The van der Waals surface area contributed by atoms with E-state index < -0.39 is 99.8 Å². The number of esters is 2. The Morgan fingerprint density at radius 2 is 1.62 bits per heavy atom. The van der Waals surface area contributed by atoms with Gasteiger partial charge >= 0.3 is 18.0 Å². The second kappa shape index (κ2) is 15.8. The number of Topliss-reactive ketones (excluding diaryl/α,β-unsaturated/α-hetero) is 1. The minimum absolute atomic E-state index is 0.136. The van der Waals surface area contributed by atoms with E-state index in [1.54, 1.807) is 109 Å². The Morgan fingerprint density at radius 3 is 2.19 bits per heavy atom. The molecule has 11 atom stereocenters. The van der Waals surface area contributed by atoms with Gasteiger partial charge in [0.15, 0.2) is 11.9 Å². The van der Waals surface area contributed by atoms with Crippen molar-refractivity contribution in [2.45, 2.75) is 135 Å². The van der Waals surface area contributed by atoms with Crippen molar-refractivity contribution in [3.63, 3.8) is 0 Å². The highest BCUT2D eigenvalue weighted by Crippen LogP contribution is 2.66. The molecule has 2 aromatic carbocycles. The number of ketones is 1. The zero-order valence-electron chi connectivity index (χ0n) is 34.8. The van der Waals surface area contributed by atoms with E-state index in [-0.39, 0.29) is 25.0 Å². The molecule has 1 heterocycles. The van der Waals surface area contributed by atoms with Crippen LogP contribution < -0.4 is 5.32 Å². The average Bonchev–Trinajstić information content (AvgIpc) is 3.16. The van der Waals surface area contributed by atoms with Crippen LogP contribution in [0.1, 0.15) is 97.1 Å². The van der Waals surface area contributed by atoms with Gasteiger partial charge in [-0.25, -0.2) is 14.4 Å². The van der Waals surface area contributed by atoms with Gasteiger partial charge in [0.2, 0.25) is 0 Å². The molecule has 1 saturated heterocycles. The molecule has 1 aliphatic heterocycles. The molecule has 58 heavy (non-hydrogen) atoms. The van der Waals surface area contributed by atoms with Gasteiger partial charge in [0, 0.05) is 29.6 Å². The van der Waals surface area contributed by atoms with Crippen LogP contribution in [0.25, 0.3) is 0 Å². The largest absolute Gasteiger partial charge is 0.456 e. The first-order valence-electron chi connectivity index (χ1n) is 20.1. The Morgan fingerprint density at radius 1 is 1.00 bits per heavy atom. The van der Waals surface area contributed by atoms with E-state index in [9.17, 15) is 29.7 Å². The van der Waals surface area contributed by atoms with Crippen molar-refractivity contribution < 1.29 is 58.1 Å². The van der Waals surface area contributed by atoms with Crippen molar-refractivity contribution in [2.24, 2.45) is 22.2 Å². The zero-order chi connectivity index (χ0) is 42.6. The number of aliphatic hydroxyl groups is 3. The number of carbonyl (C=O) groups is 4. The maximum absolute atomic E-state index is 15.4. The van der Waals surface area contributed by atoms with Crippen LogP contribution in [0, 0.1) is 22.2 Å². The predicted octanol–water partition coefficient (Wildman–Crippen LogP) is 5.05. The molecule has 2 aromatic rings. The van der Waals surface area contributed by atoms with Crippen LogP contribution in [0.15, 0.2) is 71.8 Å². The summed E-state index contributed by atoms with van der Waals surface area (Å²) in [7, 11) is 1.49. The molecule has 6 rings (SSSR count). The molecule has 4 N–H and O–H groups in total. The van der Waals surface area contributed by atoms with Gasteiger partial charge in [-0.3, -0.25) is 4.79 Å². The zero-order valence-corrected chi connectivity index (χ0v) is 34.8. The second-order valence-corrected chi connectivity index (χ2v) is 18.2. The van der Waals surface area contributed by atoms with Crippen molar-refractivity contribution in [3.8, 4) is 0 Å². The van der Waals surface area contributed by atoms with E-state index in [4.69, 9.17) is 23.6 Å². The first kappa shape index (κ1) is 43.5. The molecule has 14 heteroatoms. The van der Waals surface area contributed by atoms with Crippen LogP contribution in [0.2, 0.25) is 6.32 Å². The van der Waals surface area contributed by atoms with Crippen LogP contribution in [0.3, 0.4) is 0 Å². The number of nitrogens with one attached hydrogen (secondary N) is 1. The lowest BCUT2D eigenvalue weighted by Gasteiger charge is -2.68. The lowest BCUT2D eigenvalue weighted by atomic mass is 9.42. The van der Waals surface area contributed by atoms with Gasteiger partial charge in [-0.05, 0) is 63.5 Å². The van der Waals surface area contributed by atoms with E-state index >= 15 is 4.79 Å². The summed E-state index contributed by atoms with van der Waals surface area (Å²) in [4.78, 5) is 56.8. The first-order chi connectivity index (χ1) is 27.1. The van der Waals surface area contributed by atoms with E-state index in [1.807, 2.05) is 13.8 Å². The Kier molecular flexibility index (Phi) is 11.9. The van der Waals surface area contributed by atoms with Crippen molar-refractivity contribution in [1.82, 2.24) is 5.32 Å². The highest BCUT2D eigenvalue weighted by Gasteiger charge is 2.75. The summed E-state index contributed by atoms with van der Waals surface area (Å²) in [6.07, 6.45) is -8.50. The molecule has 4 aliphatic rings. The summed E-state index contributed by atoms with van der Waals surface area (Å²) in [5, 5.41) is 39.9. The summed E-state index contributed by atoms with van der Waals surface area (Å²) < 4.78 is 30.4. The van der Waals surface area contributed by atoms with Crippen molar-refractivity contribution >= 4 is 31.3 Å². The van der Waals surface area contributed by atoms with E-state index in [0.717, 1.165) is 0 Å². The van der Waals surface area contributed by atoms with Crippen molar-refractivity contribution in [1.29, 1.82) is 0 Å². The van der Waals surface area contributed by atoms with Gasteiger partial charge in [0.05, 0.1) is 35.8 Å². The highest BCUT2D eigenvalue weighted by molar-refractivity contribution is 6.27. The minimum atomic E-state index is -2.09. The molecule has 13 nitrogen and oxygen atoms in total. The minimum Gasteiger partial charge on any atom is -0.456 e. The summed E-state index contributed by atoms with van der Waals surface area (Å²) in [5.74, 6) is -3.38. The molecule has 2 bridgehead atoms. The first-order valence-corrected chi connectivity index (χ1v) is 20.1. The number of rotatable bonds is 10. The number of carbonyl (C=O) groups excluding carboxylic acids is 4. The van der Waals surface area contributed by atoms with Crippen molar-refractivity contribution in [3.05, 3.63) is 82.9 Å². The topological polar surface area (TPSA) is 187 Å². The standard InChI is InChI=1S/C44H57BNO12/c1-10-45-58-33-30-24(2)27(55-38(51)32(48)31(25-17-13-11-14-18-25)46-39(52)57-40(3,4)5)22-44(53,41(30,6)7)36(56-37(50)26-19-15-12-16-20-26)34-42(8)23-54-29(42)21-28(47)43(34,9)35(33)49/h11-20,27-29,31-34,36,47-48,53H,10,21-23H2,1-9H3,(H,46,52)/t27-,28?,29+,31-,32+,33+,34+,36-,42+,43+,44+/m0/s1. The van der Waals surface area contributed by atoms with Crippen LogP contribution >= 0.6 is 0 Å². The number of ether oxygens (including phenoxy) is 4. The highest BCUT2D eigenvalue weighted by atomic mass is 16.6. The maximum Gasteiger partial charge on any atom is 0.408 e. The number of hydrogen-bond donors (Lipinski definition) is 4. The molecule has 1 radical (unpaired) electrons. The molecule has 313 valence electrons. The van der Waals surface area contributed by atoms with Gasteiger partial charge in [0.25, 0.3) is 7.48 Å². The molecule has 3 fully saturated rings. The lowest BCUT2D eigenvalue weighted by Crippen LogP contribution is -2.77. The van der Waals surface area contributed by atoms with E-state index in [0.29, 0.717) is 23.0 Å². The number of benzene rings is 2. The quantitative estimate of drug-likeness (QED) is 0.109. The van der Waals surface area contributed by atoms with Gasteiger partial charge in [0.1, 0.15) is 29.5 Å². The normalized spacial score (nSPS) is 33.8. The van der Waals surface area contributed by atoms with Gasteiger partial charge < -0.3 is 44.2 Å². The third kappa shape index (κ3) is 7.40. The predicted molar refractivity (Wildman–Crippen MR) is 212 cm³/mol. The fraction of sp³-hybridized carbons (Fsp3) is 0.591. The van der Waals surface area contributed by atoms with Crippen LogP contribution in [-0.4, -0.2) is 101 Å². The Labute approximate surface area is 341 Å². The molecule has 1 amide bonds. The summed E-state index contributed by atoms with van der Waals surface area (Å²) >= 11 is 0. The SMILES string of the molecule is CC[B]O[C@H]1C(=O)[C@]2(C)C(O)C[C@H]3OC[C@@]3(C)[C@H]2[C@H](OC(=O)c2ccccc2)[C@]2(O)C[C@H](OC(=O)[C@H](O)[C@@H](NC(=O)OC(C)(C)C)c3ccccc3)C(C)=C1C2(C)C. The monoisotopic (exact) mass is 802 g/mol. The molecule has 2 saturated carbocycles.